The van der Waals surface area contributed by atoms with E-state index in [4.69, 9.17) is 0 Å². The quantitative estimate of drug-likeness (QED) is 0.626. The lowest BCUT2D eigenvalue weighted by Gasteiger charge is -2.09. The van der Waals surface area contributed by atoms with Gasteiger partial charge in [-0.05, 0) is 24.5 Å². The molecule has 0 unspecified atom stereocenters. The fraction of sp³-hybridized carbons (Fsp3) is 0.286. The van der Waals surface area contributed by atoms with Gasteiger partial charge in [0.1, 0.15) is 6.20 Å². The molecule has 2 rings (SSSR count). The Hall–Kier alpha value is -2.70. The summed E-state index contributed by atoms with van der Waals surface area (Å²) < 4.78 is 0. The largest absolute Gasteiger partial charge is 0.364 e. The molecule has 21 heavy (non-hydrogen) atoms. The van der Waals surface area contributed by atoms with Gasteiger partial charge in [-0.2, -0.15) is 4.98 Å². The molecule has 0 aliphatic carbocycles. The molecule has 110 valence electrons. The van der Waals surface area contributed by atoms with E-state index in [9.17, 15) is 10.1 Å². The Kier molecular flexibility index (Phi) is 4.65. The fourth-order valence-corrected chi connectivity index (χ4v) is 1.97. The molecule has 1 aromatic heterocycles. The van der Waals surface area contributed by atoms with Gasteiger partial charge in [0.15, 0.2) is 0 Å². The van der Waals surface area contributed by atoms with Gasteiger partial charge in [-0.15, -0.1) is 0 Å². The van der Waals surface area contributed by atoms with Crippen molar-refractivity contribution >= 4 is 17.5 Å². The van der Waals surface area contributed by atoms with Crippen LogP contribution in [0.25, 0.3) is 0 Å². The second kappa shape index (κ2) is 6.65. The number of rotatable bonds is 6. The summed E-state index contributed by atoms with van der Waals surface area (Å²) >= 11 is 0. The van der Waals surface area contributed by atoms with Gasteiger partial charge >= 0.3 is 5.69 Å². The number of hydrogen-bond acceptors (Lipinski definition) is 6. The molecule has 0 atom stereocenters. The zero-order valence-corrected chi connectivity index (χ0v) is 12.0. The smallest absolute Gasteiger partial charge is 0.329 e. The van der Waals surface area contributed by atoms with Crippen LogP contribution in [0.15, 0.2) is 30.5 Å². The van der Waals surface area contributed by atoms with Crippen molar-refractivity contribution in [1.29, 1.82) is 0 Å². The summed E-state index contributed by atoms with van der Waals surface area (Å²) in [4.78, 5) is 18.4. The lowest BCUT2D eigenvalue weighted by Crippen LogP contribution is -2.10. The van der Waals surface area contributed by atoms with E-state index in [0.717, 1.165) is 6.42 Å². The summed E-state index contributed by atoms with van der Waals surface area (Å²) in [5, 5.41) is 16.8. The summed E-state index contributed by atoms with van der Waals surface area (Å²) in [6.07, 6.45) is 1.97. The Morgan fingerprint density at radius 2 is 2.10 bits per heavy atom. The number of benzene rings is 1. The van der Waals surface area contributed by atoms with Crippen molar-refractivity contribution in [3.63, 3.8) is 0 Å². The zero-order valence-electron chi connectivity index (χ0n) is 12.0. The molecule has 0 radical (unpaired) electrons. The molecule has 2 aromatic rings. The molecule has 0 fully saturated rings. The second-order valence-corrected chi connectivity index (χ2v) is 4.54. The molecule has 0 aliphatic heterocycles. The van der Waals surface area contributed by atoms with E-state index >= 15 is 0 Å². The number of aryl methyl sites for hydroxylation is 1. The first kappa shape index (κ1) is 14.7. The second-order valence-electron chi connectivity index (χ2n) is 4.54. The van der Waals surface area contributed by atoms with Crippen molar-refractivity contribution in [1.82, 2.24) is 9.97 Å². The van der Waals surface area contributed by atoms with Gasteiger partial charge in [0.2, 0.25) is 11.8 Å². The minimum Gasteiger partial charge on any atom is -0.364 e. The standard InChI is InChI=1S/C14H17N5O2/c1-10-5-3-4-6-11(10)7-8-16-13-12(19(20)21)9-17-14(15-2)18-13/h3-6,9H,7-8H2,1-2H3,(H2,15,16,17,18). The van der Waals surface area contributed by atoms with Crippen LogP contribution in [0, 0.1) is 17.0 Å². The van der Waals surface area contributed by atoms with Crippen LogP contribution >= 0.6 is 0 Å². The summed E-state index contributed by atoms with van der Waals surface area (Å²) in [5.41, 5.74) is 2.28. The van der Waals surface area contributed by atoms with E-state index in [1.165, 1.54) is 17.3 Å². The topological polar surface area (TPSA) is 93.0 Å². The minimum atomic E-state index is -0.491. The first-order valence-corrected chi connectivity index (χ1v) is 6.59. The predicted octanol–water partition coefficient (Wildman–Crippen LogP) is 2.39. The zero-order chi connectivity index (χ0) is 15.2. The third-order valence-corrected chi connectivity index (χ3v) is 3.14. The molecule has 1 aromatic carbocycles. The van der Waals surface area contributed by atoms with Gasteiger partial charge in [0, 0.05) is 13.6 Å². The van der Waals surface area contributed by atoms with Gasteiger partial charge in [-0.25, -0.2) is 4.98 Å². The van der Waals surface area contributed by atoms with Gasteiger partial charge in [-0.1, -0.05) is 24.3 Å². The lowest BCUT2D eigenvalue weighted by molar-refractivity contribution is -0.384. The van der Waals surface area contributed by atoms with Crippen molar-refractivity contribution in [2.24, 2.45) is 0 Å². The van der Waals surface area contributed by atoms with E-state index in [1.54, 1.807) is 7.05 Å². The van der Waals surface area contributed by atoms with E-state index < -0.39 is 4.92 Å². The molecule has 2 N–H and O–H groups in total. The number of anilines is 2. The van der Waals surface area contributed by atoms with Gasteiger partial charge in [-0.3, -0.25) is 10.1 Å². The maximum Gasteiger partial charge on any atom is 0.329 e. The number of nitrogens with one attached hydrogen (secondary N) is 2. The number of hydrogen-bond donors (Lipinski definition) is 2. The SMILES string of the molecule is CNc1ncc([N+](=O)[O-])c(NCCc2ccccc2C)n1. The Morgan fingerprint density at radius 3 is 2.76 bits per heavy atom. The lowest BCUT2D eigenvalue weighted by atomic mass is 10.1. The van der Waals surface area contributed by atoms with Gasteiger partial charge in [0.25, 0.3) is 0 Å². The van der Waals surface area contributed by atoms with E-state index in [1.807, 2.05) is 31.2 Å². The Bertz CT molecular complexity index is 645. The Morgan fingerprint density at radius 1 is 1.33 bits per heavy atom. The Labute approximate surface area is 122 Å². The van der Waals surface area contributed by atoms with Crippen LogP contribution in [0.2, 0.25) is 0 Å². The molecule has 0 aliphatic rings. The number of nitro groups is 1. The first-order chi connectivity index (χ1) is 10.1. The minimum absolute atomic E-state index is 0.126. The van der Waals surface area contributed by atoms with E-state index in [0.29, 0.717) is 12.5 Å². The van der Waals surface area contributed by atoms with Crippen LogP contribution in [0.3, 0.4) is 0 Å². The highest BCUT2D eigenvalue weighted by molar-refractivity contribution is 5.56. The maximum absolute atomic E-state index is 11.0. The third-order valence-electron chi connectivity index (χ3n) is 3.14. The first-order valence-electron chi connectivity index (χ1n) is 6.59. The molecule has 7 heteroatoms. The number of aromatic nitrogens is 2. The molecular weight excluding hydrogens is 270 g/mol. The summed E-state index contributed by atoms with van der Waals surface area (Å²) in [7, 11) is 1.66. The molecular formula is C14H17N5O2. The summed E-state index contributed by atoms with van der Waals surface area (Å²) in [6.45, 7) is 2.60. The molecule has 0 amide bonds. The van der Waals surface area contributed by atoms with Gasteiger partial charge < -0.3 is 10.6 Å². The maximum atomic E-state index is 11.0. The van der Waals surface area contributed by atoms with Crippen molar-refractivity contribution in [3.05, 3.63) is 51.7 Å². The summed E-state index contributed by atoms with van der Waals surface area (Å²) in [6, 6.07) is 8.06. The van der Waals surface area contributed by atoms with E-state index in [-0.39, 0.29) is 11.5 Å². The molecule has 0 saturated heterocycles. The highest BCUT2D eigenvalue weighted by Gasteiger charge is 2.16. The molecule has 0 spiro atoms. The fourth-order valence-electron chi connectivity index (χ4n) is 1.97. The number of nitrogens with zero attached hydrogens (tertiary/aromatic N) is 3. The van der Waals surface area contributed by atoms with Gasteiger partial charge in [0.05, 0.1) is 4.92 Å². The normalized spacial score (nSPS) is 10.2. The highest BCUT2D eigenvalue weighted by Crippen LogP contribution is 2.21. The predicted molar refractivity (Wildman–Crippen MR) is 81.6 cm³/mol. The van der Waals surface area contributed by atoms with Crippen molar-refractivity contribution in [2.45, 2.75) is 13.3 Å². The van der Waals surface area contributed by atoms with Crippen LogP contribution in [-0.2, 0) is 6.42 Å². The van der Waals surface area contributed by atoms with Crippen LogP contribution in [0.1, 0.15) is 11.1 Å². The molecule has 7 nitrogen and oxygen atoms in total. The van der Waals surface area contributed by atoms with Crippen LogP contribution in [-0.4, -0.2) is 28.5 Å². The van der Waals surface area contributed by atoms with Crippen LogP contribution in [0.4, 0.5) is 17.5 Å². The van der Waals surface area contributed by atoms with Crippen LogP contribution < -0.4 is 10.6 Å². The molecule has 0 saturated carbocycles. The van der Waals surface area contributed by atoms with E-state index in [2.05, 4.69) is 20.6 Å². The summed E-state index contributed by atoms with van der Waals surface area (Å²) in [5.74, 6) is 0.576. The molecule has 0 bridgehead atoms. The van der Waals surface area contributed by atoms with Crippen molar-refractivity contribution < 1.29 is 4.92 Å². The van der Waals surface area contributed by atoms with Crippen molar-refractivity contribution in [3.8, 4) is 0 Å². The Balaban J connectivity index is 2.08. The molecule has 1 heterocycles. The third kappa shape index (κ3) is 3.65. The monoisotopic (exact) mass is 287 g/mol. The average molecular weight is 287 g/mol. The van der Waals surface area contributed by atoms with Crippen LogP contribution in [0.5, 0.6) is 0 Å². The average Bonchev–Trinajstić information content (AvgIpc) is 2.48. The van der Waals surface area contributed by atoms with Crippen molar-refractivity contribution in [2.75, 3.05) is 24.2 Å². The highest BCUT2D eigenvalue weighted by atomic mass is 16.6.